The first kappa shape index (κ1) is 25.5. The molecule has 3 heterocycles. The Morgan fingerprint density at radius 1 is 0.975 bits per heavy atom. The highest BCUT2D eigenvalue weighted by atomic mass is 16.6. The Labute approximate surface area is 231 Å². The van der Waals surface area contributed by atoms with Gasteiger partial charge in [0.05, 0.1) is 29.3 Å². The van der Waals surface area contributed by atoms with E-state index in [1.54, 1.807) is 18.6 Å². The van der Waals surface area contributed by atoms with Crippen LogP contribution in [0, 0.1) is 0 Å². The van der Waals surface area contributed by atoms with E-state index in [0.29, 0.717) is 12.2 Å². The number of nitrogens with one attached hydrogen (secondary N) is 1. The van der Waals surface area contributed by atoms with Gasteiger partial charge in [0.1, 0.15) is 5.60 Å². The summed E-state index contributed by atoms with van der Waals surface area (Å²) in [5.41, 5.74) is 5.31. The maximum absolute atomic E-state index is 12.6. The number of carbonyl (C=O) groups is 2. The lowest BCUT2D eigenvalue weighted by Gasteiger charge is -2.43. The number of nitrogens with zero attached hydrogens (tertiary/aromatic N) is 5. The summed E-state index contributed by atoms with van der Waals surface area (Å²) in [6, 6.07) is 18.3. The monoisotopic (exact) mass is 534 g/mol. The minimum absolute atomic E-state index is 0.399. The van der Waals surface area contributed by atoms with E-state index < -0.39 is 17.2 Å². The molecule has 5 aromatic rings. The van der Waals surface area contributed by atoms with Crippen molar-refractivity contribution >= 4 is 18.3 Å². The van der Waals surface area contributed by atoms with Crippen LogP contribution in [0.15, 0.2) is 79.4 Å². The van der Waals surface area contributed by atoms with E-state index in [-0.39, 0.29) is 0 Å². The smallest absolute Gasteiger partial charge is 0.408 e. The molecule has 6 rings (SSSR count). The van der Waals surface area contributed by atoms with Gasteiger partial charge in [-0.2, -0.15) is 5.10 Å². The Morgan fingerprint density at radius 3 is 2.35 bits per heavy atom. The molecule has 0 radical (unpaired) electrons. The van der Waals surface area contributed by atoms with E-state index in [9.17, 15) is 9.59 Å². The van der Waals surface area contributed by atoms with E-state index in [2.05, 4.69) is 51.8 Å². The third kappa shape index (κ3) is 4.75. The fourth-order valence-electron chi connectivity index (χ4n) is 5.16. The number of rotatable bonds is 6. The van der Waals surface area contributed by atoms with E-state index in [1.165, 1.54) is 4.68 Å². The van der Waals surface area contributed by atoms with Gasteiger partial charge in [0.25, 0.3) is 0 Å². The van der Waals surface area contributed by atoms with Gasteiger partial charge in [-0.25, -0.2) is 19.4 Å². The topological polar surface area (TPSA) is 103 Å². The number of benzene rings is 2. The SMILES string of the molecule is CC(C)(C)OC(=O)NC1(c2ccc(-c3nc4ncc(-c5cnn(C=O)c5)n4cc3-c3ccccc3)cc2)CCC1. The molecule has 0 saturated heterocycles. The van der Waals surface area contributed by atoms with Crippen LogP contribution in [-0.4, -0.2) is 42.3 Å². The molecule has 0 atom stereocenters. The Balaban J connectivity index is 1.39. The van der Waals surface area contributed by atoms with Crippen molar-refractivity contribution in [2.75, 3.05) is 0 Å². The molecule has 1 aliphatic rings. The van der Waals surface area contributed by atoms with Gasteiger partial charge in [0.2, 0.25) is 12.2 Å². The number of amides is 1. The standard InChI is InChI=1S/C31H30N6O3/c1-30(2,3)40-29(39)35-31(14-7-15-31)24-12-10-22(11-13-24)27-25(21-8-5-4-6-9-21)19-37-26(17-32-28(37)34-27)23-16-33-36(18-23)20-38/h4-6,8-13,16-20H,7,14-15H2,1-3H3,(H,35,39). The highest BCUT2D eigenvalue weighted by Gasteiger charge is 2.41. The zero-order valence-electron chi connectivity index (χ0n) is 22.7. The Morgan fingerprint density at radius 2 is 1.73 bits per heavy atom. The van der Waals surface area contributed by atoms with Crippen LogP contribution in [0.25, 0.3) is 39.4 Å². The zero-order chi connectivity index (χ0) is 27.9. The summed E-state index contributed by atoms with van der Waals surface area (Å²) in [5, 5.41) is 7.20. The molecular weight excluding hydrogens is 504 g/mol. The number of hydrogen-bond acceptors (Lipinski definition) is 6. The molecule has 1 aliphatic carbocycles. The minimum Gasteiger partial charge on any atom is -0.444 e. The summed E-state index contributed by atoms with van der Waals surface area (Å²) in [6.07, 6.45) is 10.1. The number of alkyl carbamates (subject to hydrolysis) is 1. The second kappa shape index (κ2) is 9.75. The lowest BCUT2D eigenvalue weighted by atomic mass is 9.71. The molecule has 1 amide bonds. The lowest BCUT2D eigenvalue weighted by Crippen LogP contribution is -2.52. The van der Waals surface area contributed by atoms with Crippen LogP contribution >= 0.6 is 0 Å². The molecule has 0 unspecified atom stereocenters. The Bertz CT molecular complexity index is 1690. The Kier molecular flexibility index (Phi) is 6.21. The third-order valence-corrected chi connectivity index (χ3v) is 7.25. The van der Waals surface area contributed by atoms with Gasteiger partial charge in [-0.3, -0.25) is 9.20 Å². The maximum Gasteiger partial charge on any atom is 0.408 e. The van der Waals surface area contributed by atoms with Crippen molar-refractivity contribution in [2.24, 2.45) is 0 Å². The van der Waals surface area contributed by atoms with Crippen LogP contribution < -0.4 is 5.32 Å². The molecule has 0 spiro atoms. The van der Waals surface area contributed by atoms with Crippen LogP contribution in [-0.2, 0) is 15.1 Å². The number of imidazole rings is 1. The molecular formula is C31H30N6O3. The highest BCUT2D eigenvalue weighted by molar-refractivity contribution is 5.82. The number of hydrogen-bond donors (Lipinski definition) is 1. The van der Waals surface area contributed by atoms with Crippen molar-refractivity contribution < 1.29 is 14.3 Å². The number of carbonyl (C=O) groups excluding carboxylic acids is 2. The molecule has 1 fully saturated rings. The summed E-state index contributed by atoms with van der Waals surface area (Å²) in [7, 11) is 0. The molecule has 9 nitrogen and oxygen atoms in total. The molecule has 40 heavy (non-hydrogen) atoms. The predicted molar refractivity (Wildman–Crippen MR) is 152 cm³/mol. The van der Waals surface area contributed by atoms with E-state index >= 15 is 0 Å². The number of ether oxygens (including phenoxy) is 1. The highest BCUT2D eigenvalue weighted by Crippen LogP contribution is 2.42. The van der Waals surface area contributed by atoms with Crippen LogP contribution in [0.5, 0.6) is 0 Å². The van der Waals surface area contributed by atoms with Gasteiger partial charge in [0.15, 0.2) is 0 Å². The maximum atomic E-state index is 12.6. The number of aromatic nitrogens is 5. The van der Waals surface area contributed by atoms with Gasteiger partial charge < -0.3 is 10.1 Å². The molecule has 1 saturated carbocycles. The normalized spacial score (nSPS) is 14.5. The van der Waals surface area contributed by atoms with Crippen LogP contribution in [0.1, 0.15) is 45.6 Å². The minimum atomic E-state index is -0.557. The summed E-state index contributed by atoms with van der Waals surface area (Å²) in [6.45, 7) is 5.60. The summed E-state index contributed by atoms with van der Waals surface area (Å²) >= 11 is 0. The Hall–Kier alpha value is -4.79. The molecule has 1 N–H and O–H groups in total. The second-order valence-corrected chi connectivity index (χ2v) is 11.1. The fraction of sp³-hybridized carbons (Fsp3) is 0.258. The third-order valence-electron chi connectivity index (χ3n) is 7.25. The van der Waals surface area contributed by atoms with Crippen molar-refractivity contribution in [1.29, 1.82) is 0 Å². The fourth-order valence-corrected chi connectivity index (χ4v) is 5.16. The van der Waals surface area contributed by atoms with Crippen molar-refractivity contribution in [3.8, 4) is 33.6 Å². The van der Waals surface area contributed by atoms with Gasteiger partial charge >= 0.3 is 6.09 Å². The summed E-state index contributed by atoms with van der Waals surface area (Å²) in [5.74, 6) is 0.537. The molecule has 2 aromatic carbocycles. The largest absolute Gasteiger partial charge is 0.444 e. The number of fused-ring (bicyclic) bond motifs is 1. The molecule has 9 heteroatoms. The molecule has 0 bridgehead atoms. The van der Waals surface area contributed by atoms with Crippen molar-refractivity contribution in [3.63, 3.8) is 0 Å². The molecule has 202 valence electrons. The van der Waals surface area contributed by atoms with Crippen molar-refractivity contribution in [2.45, 2.75) is 51.2 Å². The first-order chi connectivity index (χ1) is 19.2. The quantitative estimate of drug-likeness (QED) is 0.273. The van der Waals surface area contributed by atoms with Crippen LogP contribution in [0.3, 0.4) is 0 Å². The average molecular weight is 535 g/mol. The molecule has 3 aromatic heterocycles. The van der Waals surface area contributed by atoms with Gasteiger partial charge in [-0.1, -0.05) is 54.6 Å². The van der Waals surface area contributed by atoms with Gasteiger partial charge in [-0.05, 0) is 51.2 Å². The summed E-state index contributed by atoms with van der Waals surface area (Å²) in [4.78, 5) is 33.3. The van der Waals surface area contributed by atoms with Gasteiger partial charge in [-0.15, -0.1) is 0 Å². The van der Waals surface area contributed by atoms with Crippen molar-refractivity contribution in [3.05, 3.63) is 84.9 Å². The first-order valence-electron chi connectivity index (χ1n) is 13.3. The lowest BCUT2D eigenvalue weighted by molar-refractivity contribution is 0.0377. The predicted octanol–water partition coefficient (Wildman–Crippen LogP) is 5.87. The zero-order valence-corrected chi connectivity index (χ0v) is 22.7. The van der Waals surface area contributed by atoms with E-state index in [0.717, 1.165) is 58.5 Å². The summed E-state index contributed by atoms with van der Waals surface area (Å²) < 4.78 is 8.68. The first-order valence-corrected chi connectivity index (χ1v) is 13.3. The molecule has 0 aliphatic heterocycles. The van der Waals surface area contributed by atoms with Crippen LogP contribution in [0.4, 0.5) is 4.79 Å². The second-order valence-electron chi connectivity index (χ2n) is 11.1. The van der Waals surface area contributed by atoms with E-state index in [4.69, 9.17) is 9.72 Å². The van der Waals surface area contributed by atoms with Crippen molar-refractivity contribution in [1.82, 2.24) is 29.5 Å². The van der Waals surface area contributed by atoms with Crippen LogP contribution in [0.2, 0.25) is 0 Å². The van der Waals surface area contributed by atoms with Gasteiger partial charge in [0, 0.05) is 29.1 Å². The van der Waals surface area contributed by atoms with E-state index in [1.807, 2.05) is 49.6 Å². The average Bonchev–Trinajstić information content (AvgIpc) is 3.56.